The molecule has 2 aliphatic carbocycles. The highest BCUT2D eigenvalue weighted by molar-refractivity contribution is 7.71. The van der Waals surface area contributed by atoms with Crippen LogP contribution in [0.15, 0.2) is 12.4 Å². The van der Waals surface area contributed by atoms with Crippen LogP contribution in [-0.4, -0.2) is 9.55 Å². The number of hydrogen-bond acceptors (Lipinski definition) is 1. The first kappa shape index (κ1) is 8.72. The summed E-state index contributed by atoms with van der Waals surface area (Å²) < 4.78 is 3.08. The second-order valence-corrected chi connectivity index (χ2v) is 5.24. The molecule has 3 unspecified atom stereocenters. The van der Waals surface area contributed by atoms with E-state index in [1.807, 2.05) is 6.20 Å². The molecule has 0 amide bonds. The Labute approximate surface area is 89.3 Å². The lowest BCUT2D eigenvalue weighted by Gasteiger charge is -2.21. The molecule has 3 heteroatoms. The molecule has 2 saturated carbocycles. The molecule has 1 aromatic rings. The predicted molar refractivity (Wildman–Crippen MR) is 58.6 cm³/mol. The van der Waals surface area contributed by atoms with E-state index in [1.165, 1.54) is 25.7 Å². The minimum atomic E-state index is 0.882. The molecule has 2 nitrogen and oxygen atoms in total. The van der Waals surface area contributed by atoms with E-state index in [0.717, 1.165) is 29.1 Å². The topological polar surface area (TPSA) is 20.7 Å². The predicted octanol–water partition coefficient (Wildman–Crippen LogP) is 2.98. The number of imidazole rings is 1. The van der Waals surface area contributed by atoms with Crippen molar-refractivity contribution in [2.45, 2.75) is 32.2 Å². The average molecular weight is 208 g/mol. The summed E-state index contributed by atoms with van der Waals surface area (Å²) in [6, 6.07) is 0. The lowest BCUT2D eigenvalue weighted by molar-refractivity contribution is 0.294. The van der Waals surface area contributed by atoms with Crippen LogP contribution in [0.5, 0.6) is 0 Å². The van der Waals surface area contributed by atoms with E-state index in [9.17, 15) is 0 Å². The fraction of sp³-hybridized carbons (Fsp3) is 0.727. The number of hydrogen-bond donors (Lipinski definition) is 1. The summed E-state index contributed by atoms with van der Waals surface area (Å²) in [6.45, 7) is 1.14. The third-order valence-corrected chi connectivity index (χ3v) is 4.39. The van der Waals surface area contributed by atoms with Crippen molar-refractivity contribution >= 4 is 12.2 Å². The van der Waals surface area contributed by atoms with Crippen molar-refractivity contribution in [1.29, 1.82) is 0 Å². The van der Waals surface area contributed by atoms with Gasteiger partial charge in [-0.3, -0.25) is 0 Å². The number of nitrogens with zero attached hydrogens (tertiary/aromatic N) is 1. The van der Waals surface area contributed by atoms with Gasteiger partial charge in [0.2, 0.25) is 0 Å². The van der Waals surface area contributed by atoms with Gasteiger partial charge in [-0.25, -0.2) is 0 Å². The molecule has 0 spiro atoms. The van der Waals surface area contributed by atoms with Crippen molar-refractivity contribution in [1.82, 2.24) is 9.55 Å². The fourth-order valence-electron chi connectivity index (χ4n) is 3.35. The molecule has 0 radical (unpaired) electrons. The number of aromatic nitrogens is 2. The van der Waals surface area contributed by atoms with Crippen LogP contribution in [-0.2, 0) is 6.54 Å². The van der Waals surface area contributed by atoms with Crippen molar-refractivity contribution in [2.75, 3.05) is 0 Å². The van der Waals surface area contributed by atoms with E-state index in [-0.39, 0.29) is 0 Å². The SMILES string of the molecule is S=c1[nH]ccn1CC1CC2CCC1C2. The van der Waals surface area contributed by atoms with Gasteiger partial charge in [-0.05, 0) is 49.2 Å². The van der Waals surface area contributed by atoms with Gasteiger partial charge < -0.3 is 9.55 Å². The maximum Gasteiger partial charge on any atom is 0.177 e. The van der Waals surface area contributed by atoms with E-state index >= 15 is 0 Å². The zero-order valence-corrected chi connectivity index (χ0v) is 9.09. The van der Waals surface area contributed by atoms with E-state index in [1.54, 1.807) is 0 Å². The molecular formula is C11H16N2S. The highest BCUT2D eigenvalue weighted by Crippen LogP contribution is 2.48. The summed E-state index contributed by atoms with van der Waals surface area (Å²) in [5.41, 5.74) is 0. The summed E-state index contributed by atoms with van der Waals surface area (Å²) in [7, 11) is 0. The monoisotopic (exact) mass is 208 g/mol. The lowest BCUT2D eigenvalue weighted by Crippen LogP contribution is -2.16. The largest absolute Gasteiger partial charge is 0.337 e. The summed E-state index contributed by atoms with van der Waals surface area (Å²) in [5, 5.41) is 0. The fourth-order valence-corrected chi connectivity index (χ4v) is 3.55. The second kappa shape index (κ2) is 3.23. The Morgan fingerprint density at radius 3 is 2.93 bits per heavy atom. The molecule has 2 bridgehead atoms. The van der Waals surface area contributed by atoms with Crippen LogP contribution in [0.2, 0.25) is 0 Å². The summed E-state index contributed by atoms with van der Waals surface area (Å²) in [4.78, 5) is 3.06. The lowest BCUT2D eigenvalue weighted by atomic mass is 9.89. The Kier molecular flexibility index (Phi) is 2.01. The minimum Gasteiger partial charge on any atom is -0.337 e. The number of rotatable bonds is 2. The Morgan fingerprint density at radius 1 is 1.43 bits per heavy atom. The van der Waals surface area contributed by atoms with Crippen LogP contribution in [0, 0.1) is 22.5 Å². The first-order valence-electron chi connectivity index (χ1n) is 5.57. The third-order valence-electron chi connectivity index (χ3n) is 4.04. The third kappa shape index (κ3) is 1.34. The van der Waals surface area contributed by atoms with Crippen LogP contribution < -0.4 is 0 Å². The molecule has 2 fully saturated rings. The summed E-state index contributed by atoms with van der Waals surface area (Å²) in [5.74, 6) is 2.94. The van der Waals surface area contributed by atoms with Crippen LogP contribution in [0.1, 0.15) is 25.7 Å². The van der Waals surface area contributed by atoms with Crippen molar-refractivity contribution in [3.05, 3.63) is 17.2 Å². The van der Waals surface area contributed by atoms with E-state index in [2.05, 4.69) is 15.7 Å². The average Bonchev–Trinajstić information content (AvgIpc) is 2.83. The van der Waals surface area contributed by atoms with Crippen molar-refractivity contribution in [2.24, 2.45) is 17.8 Å². The summed E-state index contributed by atoms with van der Waals surface area (Å²) in [6.07, 6.45) is 9.90. The first-order chi connectivity index (χ1) is 6.83. The minimum absolute atomic E-state index is 0.882. The quantitative estimate of drug-likeness (QED) is 0.741. The maximum absolute atomic E-state index is 5.21. The molecule has 0 aromatic carbocycles. The van der Waals surface area contributed by atoms with Crippen LogP contribution in [0.3, 0.4) is 0 Å². The van der Waals surface area contributed by atoms with E-state index in [4.69, 9.17) is 12.2 Å². The van der Waals surface area contributed by atoms with E-state index < -0.39 is 0 Å². The second-order valence-electron chi connectivity index (χ2n) is 4.85. The molecule has 0 saturated heterocycles. The molecule has 14 heavy (non-hydrogen) atoms. The molecule has 1 heterocycles. The Balaban J connectivity index is 1.74. The van der Waals surface area contributed by atoms with Gasteiger partial charge in [0.15, 0.2) is 4.77 Å². The van der Waals surface area contributed by atoms with Crippen LogP contribution >= 0.6 is 12.2 Å². The molecule has 0 aliphatic heterocycles. The Morgan fingerprint density at radius 2 is 2.36 bits per heavy atom. The van der Waals surface area contributed by atoms with Gasteiger partial charge >= 0.3 is 0 Å². The van der Waals surface area contributed by atoms with Crippen LogP contribution in [0.25, 0.3) is 0 Å². The number of aromatic amines is 1. The zero-order valence-electron chi connectivity index (χ0n) is 8.28. The van der Waals surface area contributed by atoms with E-state index in [0.29, 0.717) is 0 Å². The molecule has 1 aromatic heterocycles. The number of H-pyrrole nitrogens is 1. The van der Waals surface area contributed by atoms with Crippen molar-refractivity contribution in [3.63, 3.8) is 0 Å². The van der Waals surface area contributed by atoms with Gasteiger partial charge in [0.05, 0.1) is 0 Å². The first-order valence-corrected chi connectivity index (χ1v) is 5.97. The maximum atomic E-state index is 5.21. The highest BCUT2D eigenvalue weighted by Gasteiger charge is 2.39. The van der Waals surface area contributed by atoms with Gasteiger partial charge in [0.25, 0.3) is 0 Å². The molecular weight excluding hydrogens is 192 g/mol. The highest BCUT2D eigenvalue weighted by atomic mass is 32.1. The molecule has 3 atom stereocenters. The molecule has 1 N–H and O–H groups in total. The zero-order chi connectivity index (χ0) is 9.54. The van der Waals surface area contributed by atoms with Gasteiger partial charge in [0, 0.05) is 18.9 Å². The van der Waals surface area contributed by atoms with Crippen LogP contribution in [0.4, 0.5) is 0 Å². The van der Waals surface area contributed by atoms with Gasteiger partial charge in [-0.1, -0.05) is 6.42 Å². The molecule has 3 rings (SSSR count). The molecule has 76 valence electrons. The van der Waals surface area contributed by atoms with Gasteiger partial charge in [-0.15, -0.1) is 0 Å². The Hall–Kier alpha value is -0.570. The summed E-state index contributed by atoms with van der Waals surface area (Å²) >= 11 is 5.21. The van der Waals surface area contributed by atoms with Crippen molar-refractivity contribution in [3.8, 4) is 0 Å². The van der Waals surface area contributed by atoms with Gasteiger partial charge in [0.1, 0.15) is 0 Å². The Bertz CT molecular complexity index is 379. The number of fused-ring (bicyclic) bond motifs is 2. The number of nitrogens with one attached hydrogen (secondary N) is 1. The molecule has 2 aliphatic rings. The standard InChI is InChI=1S/C11H16N2S/c14-11-12-3-4-13(11)7-10-6-8-1-2-9(10)5-8/h3-4,8-10H,1-2,5-7H2,(H,12,14). The van der Waals surface area contributed by atoms with Crippen molar-refractivity contribution < 1.29 is 0 Å². The smallest absolute Gasteiger partial charge is 0.177 e. The normalized spacial score (nSPS) is 35.3. The van der Waals surface area contributed by atoms with Gasteiger partial charge in [-0.2, -0.15) is 0 Å².